The number of anilines is 1. The number of methoxy groups -OCH3 is 2. The smallest absolute Gasteiger partial charge is 0.300 e. The minimum absolute atomic E-state index is 0.00959. The molecule has 1 aliphatic rings. The molecule has 1 heterocycles. The molecule has 1 fully saturated rings. The number of halogens is 1. The Kier molecular flexibility index (Phi) is 6.01. The summed E-state index contributed by atoms with van der Waals surface area (Å²) in [4.78, 5) is 27.8. The van der Waals surface area contributed by atoms with E-state index in [0.717, 1.165) is 4.47 Å². The van der Waals surface area contributed by atoms with Crippen LogP contribution in [0.2, 0.25) is 0 Å². The molecule has 0 spiro atoms. The van der Waals surface area contributed by atoms with Gasteiger partial charge in [0.1, 0.15) is 17.3 Å². The lowest BCUT2D eigenvalue weighted by molar-refractivity contribution is -0.132. The fraction of sp³-hybridized carbons (Fsp3) is 0.120. The highest BCUT2D eigenvalue weighted by atomic mass is 79.9. The van der Waals surface area contributed by atoms with Crippen molar-refractivity contribution >= 4 is 39.1 Å². The number of carbonyl (C=O) groups is 2. The second-order valence-corrected chi connectivity index (χ2v) is 8.04. The van der Waals surface area contributed by atoms with Gasteiger partial charge < -0.3 is 14.6 Å². The van der Waals surface area contributed by atoms with E-state index in [1.165, 1.54) is 19.1 Å². The van der Waals surface area contributed by atoms with Gasteiger partial charge in [-0.3, -0.25) is 14.5 Å². The molecule has 0 saturated carbocycles. The Morgan fingerprint density at radius 1 is 0.938 bits per heavy atom. The van der Waals surface area contributed by atoms with E-state index >= 15 is 0 Å². The van der Waals surface area contributed by atoms with E-state index < -0.39 is 17.7 Å². The van der Waals surface area contributed by atoms with Crippen LogP contribution in [0.5, 0.6) is 11.5 Å². The lowest BCUT2D eigenvalue weighted by atomic mass is 9.94. The number of aliphatic hydroxyl groups excluding tert-OH is 1. The Morgan fingerprint density at radius 2 is 1.69 bits per heavy atom. The summed E-state index contributed by atoms with van der Waals surface area (Å²) >= 11 is 3.42. The van der Waals surface area contributed by atoms with E-state index in [2.05, 4.69) is 15.9 Å². The standard InChI is InChI=1S/C25H20BrNO5/c1-31-18-11-12-19(20(14-18)32-2)22-21(23(28)15-7-4-3-5-8-15)24(29)25(30)27(22)17-10-6-9-16(26)13-17/h3-14,22,28H,1-2H3. The predicted octanol–water partition coefficient (Wildman–Crippen LogP) is 5.09. The number of Topliss-reactive ketones (excluding diaryl/α,β-unsaturated/α-hetero) is 1. The Balaban J connectivity index is 2.00. The van der Waals surface area contributed by atoms with Gasteiger partial charge in [-0.05, 0) is 30.3 Å². The third-order valence-electron chi connectivity index (χ3n) is 5.31. The zero-order chi connectivity index (χ0) is 22.8. The fourth-order valence-electron chi connectivity index (χ4n) is 3.81. The molecule has 3 aromatic rings. The molecule has 4 rings (SSSR count). The number of rotatable bonds is 5. The molecule has 3 aromatic carbocycles. The molecule has 32 heavy (non-hydrogen) atoms. The first-order valence-corrected chi connectivity index (χ1v) is 10.6. The molecule has 0 aromatic heterocycles. The quantitative estimate of drug-likeness (QED) is 0.304. The van der Waals surface area contributed by atoms with Gasteiger partial charge in [0.2, 0.25) is 0 Å². The first-order chi connectivity index (χ1) is 15.5. The van der Waals surface area contributed by atoms with Gasteiger partial charge >= 0.3 is 0 Å². The van der Waals surface area contributed by atoms with Crippen molar-refractivity contribution in [2.24, 2.45) is 0 Å². The number of hydrogen-bond acceptors (Lipinski definition) is 5. The first kappa shape index (κ1) is 21.6. The molecule has 6 nitrogen and oxygen atoms in total. The van der Waals surface area contributed by atoms with Crippen LogP contribution in [0.3, 0.4) is 0 Å². The van der Waals surface area contributed by atoms with E-state index in [4.69, 9.17) is 9.47 Å². The van der Waals surface area contributed by atoms with Crippen LogP contribution >= 0.6 is 15.9 Å². The highest BCUT2D eigenvalue weighted by Crippen LogP contribution is 2.45. The Labute approximate surface area is 193 Å². The molecule has 7 heteroatoms. The van der Waals surface area contributed by atoms with Crippen LogP contribution in [0.4, 0.5) is 5.69 Å². The van der Waals surface area contributed by atoms with Crippen molar-refractivity contribution in [2.45, 2.75) is 6.04 Å². The molecule has 0 bridgehead atoms. The van der Waals surface area contributed by atoms with Crippen LogP contribution in [-0.4, -0.2) is 31.0 Å². The van der Waals surface area contributed by atoms with Crippen molar-refractivity contribution in [3.05, 3.63) is 94.0 Å². The maximum absolute atomic E-state index is 13.2. The molecule has 0 aliphatic carbocycles. The van der Waals surface area contributed by atoms with Crippen molar-refractivity contribution in [1.29, 1.82) is 0 Å². The normalized spacial score (nSPS) is 17.5. The van der Waals surface area contributed by atoms with Gasteiger partial charge in [-0.1, -0.05) is 52.3 Å². The zero-order valence-electron chi connectivity index (χ0n) is 17.4. The number of aliphatic hydroxyl groups is 1. The number of benzene rings is 3. The summed E-state index contributed by atoms with van der Waals surface area (Å²) in [7, 11) is 3.04. The van der Waals surface area contributed by atoms with Gasteiger partial charge in [-0.2, -0.15) is 0 Å². The summed E-state index contributed by atoms with van der Waals surface area (Å²) < 4.78 is 11.6. The monoisotopic (exact) mass is 493 g/mol. The van der Waals surface area contributed by atoms with Gasteiger partial charge in [0, 0.05) is 27.4 Å². The number of nitrogens with zero attached hydrogens (tertiary/aromatic N) is 1. The maximum Gasteiger partial charge on any atom is 0.300 e. The molecule has 1 unspecified atom stereocenters. The second-order valence-electron chi connectivity index (χ2n) is 7.12. The SMILES string of the molecule is COc1ccc(C2C(=C(O)c3ccccc3)C(=O)C(=O)N2c2cccc(Br)c2)c(OC)c1. The third kappa shape index (κ3) is 3.76. The lowest BCUT2D eigenvalue weighted by Gasteiger charge is -2.27. The lowest BCUT2D eigenvalue weighted by Crippen LogP contribution is -2.29. The molecule has 1 N–H and O–H groups in total. The summed E-state index contributed by atoms with van der Waals surface area (Å²) in [5.74, 6) is -0.759. The predicted molar refractivity (Wildman–Crippen MR) is 125 cm³/mol. The number of hydrogen-bond donors (Lipinski definition) is 1. The summed E-state index contributed by atoms with van der Waals surface area (Å²) in [5.41, 5.74) is 1.49. The number of carbonyl (C=O) groups excluding carboxylic acids is 2. The van der Waals surface area contributed by atoms with Gasteiger partial charge in [0.05, 0.1) is 25.8 Å². The molecule has 162 valence electrons. The van der Waals surface area contributed by atoms with E-state index in [1.54, 1.807) is 66.7 Å². The minimum Gasteiger partial charge on any atom is -0.507 e. The molecular formula is C25H20BrNO5. The van der Waals surface area contributed by atoms with Crippen LogP contribution in [0.1, 0.15) is 17.2 Å². The van der Waals surface area contributed by atoms with E-state index in [-0.39, 0.29) is 11.3 Å². The Morgan fingerprint density at radius 3 is 2.34 bits per heavy atom. The molecule has 0 radical (unpaired) electrons. The highest BCUT2D eigenvalue weighted by Gasteiger charge is 2.48. The van der Waals surface area contributed by atoms with Gasteiger partial charge in [0.25, 0.3) is 11.7 Å². The number of ether oxygens (including phenoxy) is 2. The minimum atomic E-state index is -0.898. The van der Waals surface area contributed by atoms with Crippen molar-refractivity contribution < 1.29 is 24.2 Å². The van der Waals surface area contributed by atoms with Crippen LogP contribution in [0.25, 0.3) is 5.76 Å². The van der Waals surface area contributed by atoms with Crippen LogP contribution < -0.4 is 14.4 Å². The van der Waals surface area contributed by atoms with Gasteiger partial charge in [-0.15, -0.1) is 0 Å². The zero-order valence-corrected chi connectivity index (χ0v) is 19.0. The molecule has 1 aliphatic heterocycles. The van der Waals surface area contributed by atoms with Gasteiger partial charge in [-0.25, -0.2) is 0 Å². The Bertz CT molecular complexity index is 1220. The van der Waals surface area contributed by atoms with Crippen molar-refractivity contribution in [3.63, 3.8) is 0 Å². The van der Waals surface area contributed by atoms with Crippen molar-refractivity contribution in [1.82, 2.24) is 0 Å². The maximum atomic E-state index is 13.2. The molecule has 1 saturated heterocycles. The number of amides is 1. The topological polar surface area (TPSA) is 76.1 Å². The summed E-state index contributed by atoms with van der Waals surface area (Å²) in [6.45, 7) is 0. The van der Waals surface area contributed by atoms with Crippen LogP contribution in [0.15, 0.2) is 82.8 Å². The van der Waals surface area contributed by atoms with Crippen molar-refractivity contribution in [3.8, 4) is 11.5 Å². The summed E-state index contributed by atoms with van der Waals surface area (Å²) in [6.07, 6.45) is 0. The summed E-state index contributed by atoms with van der Waals surface area (Å²) in [6, 6.07) is 20.0. The second kappa shape index (κ2) is 8.88. The molecule has 1 amide bonds. The third-order valence-corrected chi connectivity index (χ3v) is 5.81. The first-order valence-electron chi connectivity index (χ1n) is 9.80. The van der Waals surface area contributed by atoms with Crippen LogP contribution in [-0.2, 0) is 9.59 Å². The van der Waals surface area contributed by atoms with E-state index in [9.17, 15) is 14.7 Å². The average Bonchev–Trinajstić information content (AvgIpc) is 3.08. The van der Waals surface area contributed by atoms with Crippen molar-refractivity contribution in [2.75, 3.05) is 19.1 Å². The largest absolute Gasteiger partial charge is 0.507 e. The van der Waals surface area contributed by atoms with Crippen LogP contribution in [0, 0.1) is 0 Å². The van der Waals surface area contributed by atoms with Gasteiger partial charge in [0.15, 0.2) is 0 Å². The summed E-state index contributed by atoms with van der Waals surface area (Å²) in [5, 5.41) is 11.1. The number of ketones is 1. The average molecular weight is 494 g/mol. The highest BCUT2D eigenvalue weighted by molar-refractivity contribution is 9.10. The Hall–Kier alpha value is -3.58. The molecular weight excluding hydrogens is 474 g/mol. The van der Waals surface area contributed by atoms with E-state index in [0.29, 0.717) is 28.3 Å². The van der Waals surface area contributed by atoms with E-state index in [1.807, 2.05) is 6.07 Å². The fourth-order valence-corrected chi connectivity index (χ4v) is 4.20. The molecule has 1 atom stereocenters.